The van der Waals surface area contributed by atoms with Gasteiger partial charge in [-0.3, -0.25) is 4.79 Å². The molecule has 0 radical (unpaired) electrons. The zero-order valence-corrected chi connectivity index (χ0v) is 12.1. The summed E-state index contributed by atoms with van der Waals surface area (Å²) in [6, 6.07) is 13.3. The third-order valence-corrected chi connectivity index (χ3v) is 3.85. The minimum atomic E-state index is -2.75. The number of carbonyl (C=O) groups excluding carboxylic acids is 1. The Kier molecular flexibility index (Phi) is 3.79. The van der Waals surface area contributed by atoms with E-state index in [4.69, 9.17) is 0 Å². The Balaban J connectivity index is 2.06. The number of hydrogen-bond acceptors (Lipinski definition) is 2. The van der Waals surface area contributed by atoms with E-state index in [9.17, 15) is 13.6 Å². The average molecular weight is 302 g/mol. The molecule has 0 bridgehead atoms. The van der Waals surface area contributed by atoms with E-state index in [1.54, 1.807) is 6.07 Å². The number of rotatable bonds is 3. The van der Waals surface area contributed by atoms with Crippen LogP contribution >= 0.6 is 0 Å². The number of halogens is 2. The number of nitrogens with zero attached hydrogens (tertiary/aromatic N) is 1. The molecule has 1 heterocycles. The molecule has 1 aliphatic heterocycles. The number of alkyl halides is 2. The second-order valence-electron chi connectivity index (χ2n) is 5.35. The fraction of sp³-hybridized carbons (Fsp3) is 0.235. The van der Waals surface area contributed by atoms with Gasteiger partial charge in [-0.25, -0.2) is 8.78 Å². The maximum atomic E-state index is 13.4. The van der Waals surface area contributed by atoms with Crippen molar-refractivity contribution in [3.05, 3.63) is 59.7 Å². The molecule has 0 saturated heterocycles. The van der Waals surface area contributed by atoms with Gasteiger partial charge in [0.1, 0.15) is 0 Å². The molecule has 1 N–H and O–H groups in total. The van der Waals surface area contributed by atoms with Crippen LogP contribution in [0, 0.1) is 6.92 Å². The van der Waals surface area contributed by atoms with Crippen LogP contribution in [0.1, 0.15) is 11.1 Å². The summed E-state index contributed by atoms with van der Waals surface area (Å²) in [5.74, 6) is -0.660. The minimum Gasteiger partial charge on any atom is -0.349 e. The molecule has 0 spiro atoms. The van der Waals surface area contributed by atoms with Crippen LogP contribution in [-0.2, 0) is 11.3 Å². The van der Waals surface area contributed by atoms with Crippen LogP contribution in [0.5, 0.6) is 0 Å². The van der Waals surface area contributed by atoms with Gasteiger partial charge >= 0.3 is 0 Å². The Morgan fingerprint density at radius 2 is 1.86 bits per heavy atom. The fourth-order valence-corrected chi connectivity index (χ4v) is 2.76. The van der Waals surface area contributed by atoms with E-state index in [0.717, 1.165) is 11.1 Å². The zero-order valence-electron chi connectivity index (χ0n) is 12.1. The Morgan fingerprint density at radius 1 is 1.14 bits per heavy atom. The smallest absolute Gasteiger partial charge is 0.267 e. The summed E-state index contributed by atoms with van der Waals surface area (Å²) >= 11 is 0. The summed E-state index contributed by atoms with van der Waals surface area (Å²) in [4.78, 5) is 13.6. The molecule has 22 heavy (non-hydrogen) atoms. The Morgan fingerprint density at radius 3 is 2.55 bits per heavy atom. The van der Waals surface area contributed by atoms with Gasteiger partial charge in [0.25, 0.3) is 12.3 Å². The highest BCUT2D eigenvalue weighted by Gasteiger charge is 2.39. The van der Waals surface area contributed by atoms with Crippen LogP contribution in [-0.4, -0.2) is 18.4 Å². The van der Waals surface area contributed by atoms with Crippen molar-refractivity contribution in [2.24, 2.45) is 0 Å². The van der Waals surface area contributed by atoms with Crippen molar-refractivity contribution < 1.29 is 13.6 Å². The fourth-order valence-electron chi connectivity index (χ4n) is 2.76. The molecule has 1 atom stereocenters. The van der Waals surface area contributed by atoms with Crippen molar-refractivity contribution >= 4 is 17.3 Å². The molecule has 5 heteroatoms. The lowest BCUT2D eigenvalue weighted by Crippen LogP contribution is -2.52. The van der Waals surface area contributed by atoms with Crippen molar-refractivity contribution in [2.45, 2.75) is 25.9 Å². The van der Waals surface area contributed by atoms with Gasteiger partial charge in [-0.2, -0.15) is 0 Å². The van der Waals surface area contributed by atoms with E-state index >= 15 is 0 Å². The number of hydrogen-bond donors (Lipinski definition) is 1. The lowest BCUT2D eigenvalue weighted by atomic mass is 10.0. The number of amides is 1. The summed E-state index contributed by atoms with van der Waals surface area (Å²) in [5, 5.41) is 2.61. The van der Waals surface area contributed by atoms with Crippen molar-refractivity contribution in [3.8, 4) is 0 Å². The second kappa shape index (κ2) is 5.75. The van der Waals surface area contributed by atoms with E-state index in [0.29, 0.717) is 11.4 Å². The first-order valence-corrected chi connectivity index (χ1v) is 7.07. The molecule has 2 aromatic carbocycles. The highest BCUT2D eigenvalue weighted by atomic mass is 19.3. The summed E-state index contributed by atoms with van der Waals surface area (Å²) < 4.78 is 26.8. The van der Waals surface area contributed by atoms with Gasteiger partial charge < -0.3 is 10.2 Å². The summed E-state index contributed by atoms with van der Waals surface area (Å²) in [6.45, 7) is 2.11. The maximum Gasteiger partial charge on any atom is 0.267 e. The standard InChI is InChI=1S/C17H16F2N2O/c1-11-6-5-9-13-14(11)20-17(22)15(16(18)19)21(13)10-12-7-3-2-4-8-12/h2-9,15-16H,10H2,1H3,(H,20,22). The molecule has 1 amide bonds. The first-order valence-electron chi connectivity index (χ1n) is 7.07. The maximum absolute atomic E-state index is 13.4. The van der Waals surface area contributed by atoms with Crippen LogP contribution in [0.25, 0.3) is 0 Å². The van der Waals surface area contributed by atoms with E-state index in [1.165, 1.54) is 4.90 Å². The summed E-state index contributed by atoms with van der Waals surface area (Å²) in [7, 11) is 0. The van der Waals surface area contributed by atoms with Crippen LogP contribution in [0.4, 0.5) is 20.2 Å². The van der Waals surface area contributed by atoms with Crippen molar-refractivity contribution in [1.82, 2.24) is 0 Å². The quantitative estimate of drug-likeness (QED) is 0.940. The first-order chi connectivity index (χ1) is 10.6. The molecule has 3 nitrogen and oxygen atoms in total. The average Bonchev–Trinajstić information content (AvgIpc) is 2.49. The molecule has 0 fully saturated rings. The van der Waals surface area contributed by atoms with Crippen LogP contribution in [0.3, 0.4) is 0 Å². The number of nitrogens with one attached hydrogen (secondary N) is 1. The van der Waals surface area contributed by atoms with Gasteiger partial charge in [0.2, 0.25) is 0 Å². The van der Waals surface area contributed by atoms with Gasteiger partial charge in [-0.15, -0.1) is 0 Å². The highest BCUT2D eigenvalue weighted by molar-refractivity contribution is 6.04. The predicted molar refractivity (Wildman–Crippen MR) is 82.2 cm³/mol. The molecule has 0 aliphatic carbocycles. The molecule has 0 saturated carbocycles. The Hall–Kier alpha value is -2.43. The third-order valence-electron chi connectivity index (χ3n) is 3.85. The summed E-state index contributed by atoms with van der Waals surface area (Å²) in [6.07, 6.45) is -2.75. The molecule has 0 aromatic heterocycles. The van der Waals surface area contributed by atoms with Crippen LogP contribution in [0.15, 0.2) is 48.5 Å². The molecular formula is C17H16F2N2O. The summed E-state index contributed by atoms with van der Waals surface area (Å²) in [5.41, 5.74) is 2.99. The highest BCUT2D eigenvalue weighted by Crippen LogP contribution is 2.37. The molecular weight excluding hydrogens is 286 g/mol. The number of anilines is 2. The van der Waals surface area contributed by atoms with Gasteiger partial charge in [-0.05, 0) is 24.1 Å². The van der Waals surface area contributed by atoms with Crippen LogP contribution < -0.4 is 10.2 Å². The normalized spacial score (nSPS) is 17.4. The topological polar surface area (TPSA) is 32.3 Å². The van der Waals surface area contributed by atoms with E-state index in [1.807, 2.05) is 49.4 Å². The number of benzene rings is 2. The second-order valence-corrected chi connectivity index (χ2v) is 5.35. The predicted octanol–water partition coefficient (Wildman–Crippen LogP) is 3.59. The Bertz CT molecular complexity index is 688. The molecule has 3 rings (SSSR count). The lowest BCUT2D eigenvalue weighted by Gasteiger charge is -2.38. The van der Waals surface area contributed by atoms with E-state index in [2.05, 4.69) is 5.32 Å². The molecule has 1 aliphatic rings. The number of carbonyl (C=O) groups is 1. The number of para-hydroxylation sites is 1. The SMILES string of the molecule is Cc1cccc2c1NC(=O)C(C(F)F)N2Cc1ccccc1. The van der Waals surface area contributed by atoms with Gasteiger partial charge in [-0.1, -0.05) is 42.5 Å². The van der Waals surface area contributed by atoms with Crippen molar-refractivity contribution in [2.75, 3.05) is 10.2 Å². The monoisotopic (exact) mass is 302 g/mol. The lowest BCUT2D eigenvalue weighted by molar-refractivity contribution is -0.120. The molecule has 1 unspecified atom stereocenters. The number of aryl methyl sites for hydroxylation is 1. The Labute approximate surface area is 127 Å². The van der Waals surface area contributed by atoms with Crippen LogP contribution in [0.2, 0.25) is 0 Å². The molecule has 2 aromatic rings. The largest absolute Gasteiger partial charge is 0.349 e. The van der Waals surface area contributed by atoms with E-state index < -0.39 is 18.4 Å². The third kappa shape index (κ3) is 2.54. The van der Waals surface area contributed by atoms with Gasteiger partial charge in [0, 0.05) is 6.54 Å². The van der Waals surface area contributed by atoms with Crippen molar-refractivity contribution in [1.29, 1.82) is 0 Å². The van der Waals surface area contributed by atoms with Gasteiger partial charge in [0.05, 0.1) is 11.4 Å². The minimum absolute atomic E-state index is 0.264. The van der Waals surface area contributed by atoms with E-state index in [-0.39, 0.29) is 6.54 Å². The number of fused-ring (bicyclic) bond motifs is 1. The first kappa shape index (κ1) is 14.5. The van der Waals surface area contributed by atoms with Gasteiger partial charge in [0.15, 0.2) is 6.04 Å². The van der Waals surface area contributed by atoms with Crippen molar-refractivity contribution in [3.63, 3.8) is 0 Å². The zero-order chi connectivity index (χ0) is 15.7. The molecule has 114 valence electrons.